The van der Waals surface area contributed by atoms with Crippen LogP contribution in [-0.4, -0.2) is 26.2 Å². The molecule has 19 heavy (non-hydrogen) atoms. The van der Waals surface area contributed by atoms with Crippen LogP contribution in [0.2, 0.25) is 0 Å². The highest BCUT2D eigenvalue weighted by molar-refractivity contribution is 7.89. The average Bonchev–Trinajstić information content (AvgIpc) is 2.37. The van der Waals surface area contributed by atoms with E-state index in [0.29, 0.717) is 12.8 Å². The number of benzene rings is 1. The zero-order valence-electron chi connectivity index (χ0n) is 10.8. The van der Waals surface area contributed by atoms with Crippen LogP contribution in [0, 0.1) is 11.3 Å². The van der Waals surface area contributed by atoms with Crippen molar-refractivity contribution in [2.45, 2.75) is 37.1 Å². The maximum absolute atomic E-state index is 12.0. The molecule has 0 radical (unpaired) electrons. The summed E-state index contributed by atoms with van der Waals surface area (Å²) in [6.07, 6.45) is 1.41. The number of nitrogens with one attached hydrogen (secondary N) is 1. The zero-order valence-corrected chi connectivity index (χ0v) is 11.7. The molecule has 0 aliphatic rings. The van der Waals surface area contributed by atoms with E-state index in [1.807, 2.05) is 6.07 Å². The molecule has 0 amide bonds. The Morgan fingerprint density at radius 2 is 2.00 bits per heavy atom. The van der Waals surface area contributed by atoms with Gasteiger partial charge in [0.2, 0.25) is 10.0 Å². The lowest BCUT2D eigenvalue weighted by Gasteiger charge is -2.13. The molecule has 1 rings (SSSR count). The molecule has 0 aromatic heterocycles. The maximum Gasteiger partial charge on any atom is 0.240 e. The molecule has 0 heterocycles. The van der Waals surface area contributed by atoms with Gasteiger partial charge in [0.25, 0.3) is 0 Å². The van der Waals surface area contributed by atoms with E-state index >= 15 is 0 Å². The van der Waals surface area contributed by atoms with Crippen LogP contribution in [0.15, 0.2) is 29.2 Å². The molecule has 0 saturated heterocycles. The normalized spacial score (nSPS) is 12.9. The number of sulfonamides is 1. The second-order valence-corrected chi connectivity index (χ2v) is 6.08. The van der Waals surface area contributed by atoms with Gasteiger partial charge in [0.05, 0.1) is 17.4 Å². The molecule has 0 spiro atoms. The van der Waals surface area contributed by atoms with Gasteiger partial charge in [0, 0.05) is 12.6 Å². The predicted molar refractivity (Wildman–Crippen MR) is 71.9 cm³/mol. The first-order chi connectivity index (χ1) is 8.99. The molecule has 0 aliphatic carbocycles. The molecule has 0 bridgehead atoms. The Morgan fingerprint density at radius 3 is 2.53 bits per heavy atom. The Morgan fingerprint density at radius 1 is 1.37 bits per heavy atom. The fraction of sp³-hybridized carbons (Fsp3) is 0.462. The summed E-state index contributed by atoms with van der Waals surface area (Å²) in [5.74, 6) is 0. The fourth-order valence-corrected chi connectivity index (χ4v) is 2.95. The second-order valence-electron chi connectivity index (χ2n) is 4.37. The van der Waals surface area contributed by atoms with Gasteiger partial charge >= 0.3 is 0 Å². The van der Waals surface area contributed by atoms with Crippen molar-refractivity contribution in [2.75, 3.05) is 6.61 Å². The Hall–Kier alpha value is -1.42. The third-order valence-electron chi connectivity index (χ3n) is 2.67. The number of rotatable bonds is 7. The van der Waals surface area contributed by atoms with Crippen LogP contribution in [0.1, 0.15) is 25.3 Å². The number of nitriles is 1. The van der Waals surface area contributed by atoms with Crippen molar-refractivity contribution < 1.29 is 13.5 Å². The molecule has 2 N–H and O–H groups in total. The fourth-order valence-electron chi connectivity index (χ4n) is 1.67. The maximum atomic E-state index is 12.0. The third kappa shape index (κ3) is 4.99. The van der Waals surface area contributed by atoms with Crippen LogP contribution in [0.25, 0.3) is 0 Å². The molecule has 0 fully saturated rings. The van der Waals surface area contributed by atoms with Gasteiger partial charge < -0.3 is 5.11 Å². The van der Waals surface area contributed by atoms with Gasteiger partial charge in [0.15, 0.2) is 0 Å². The highest BCUT2D eigenvalue weighted by Crippen LogP contribution is 2.12. The van der Waals surface area contributed by atoms with E-state index in [1.165, 1.54) is 12.1 Å². The highest BCUT2D eigenvalue weighted by atomic mass is 32.2. The lowest BCUT2D eigenvalue weighted by molar-refractivity contribution is 0.279. The molecule has 104 valence electrons. The predicted octanol–water partition coefficient (Wildman–Crippen LogP) is 1.19. The zero-order chi connectivity index (χ0) is 14.3. The summed E-state index contributed by atoms with van der Waals surface area (Å²) in [6, 6.07) is 8.04. The summed E-state index contributed by atoms with van der Waals surface area (Å²) in [5.41, 5.74) is 0.787. The van der Waals surface area contributed by atoms with Crippen LogP contribution in [0.4, 0.5) is 0 Å². The van der Waals surface area contributed by atoms with Gasteiger partial charge in [-0.2, -0.15) is 5.26 Å². The molecular formula is C13H18N2O3S. The minimum absolute atomic E-state index is 0.0505. The lowest BCUT2D eigenvalue weighted by atomic mass is 10.2. The molecule has 1 aromatic carbocycles. The van der Waals surface area contributed by atoms with E-state index in [4.69, 9.17) is 10.4 Å². The number of hydrogen-bond acceptors (Lipinski definition) is 4. The van der Waals surface area contributed by atoms with Crippen LogP contribution < -0.4 is 4.72 Å². The van der Waals surface area contributed by atoms with Crippen LogP contribution >= 0.6 is 0 Å². The summed E-state index contributed by atoms with van der Waals surface area (Å²) < 4.78 is 26.6. The molecule has 0 saturated carbocycles. The Kier molecular flexibility index (Phi) is 5.96. The van der Waals surface area contributed by atoms with Gasteiger partial charge in [-0.3, -0.25) is 0 Å². The van der Waals surface area contributed by atoms with E-state index < -0.39 is 10.0 Å². The van der Waals surface area contributed by atoms with Crippen LogP contribution in [0.5, 0.6) is 0 Å². The van der Waals surface area contributed by atoms with E-state index in [9.17, 15) is 8.42 Å². The summed E-state index contributed by atoms with van der Waals surface area (Å²) >= 11 is 0. The van der Waals surface area contributed by atoms with Gasteiger partial charge in [0.1, 0.15) is 0 Å². The van der Waals surface area contributed by atoms with E-state index in [2.05, 4.69) is 4.72 Å². The van der Waals surface area contributed by atoms with Crippen molar-refractivity contribution in [3.05, 3.63) is 29.8 Å². The molecule has 6 heteroatoms. The Balaban J connectivity index is 2.74. The monoisotopic (exact) mass is 282 g/mol. The first-order valence-corrected chi connectivity index (χ1v) is 7.57. The molecule has 0 aliphatic heterocycles. The van der Waals surface area contributed by atoms with E-state index in [-0.39, 0.29) is 24.0 Å². The van der Waals surface area contributed by atoms with Gasteiger partial charge in [-0.1, -0.05) is 12.1 Å². The Labute approximate surface area is 113 Å². The van der Waals surface area contributed by atoms with Crippen molar-refractivity contribution in [2.24, 2.45) is 0 Å². The lowest BCUT2D eigenvalue weighted by Crippen LogP contribution is -2.32. The average molecular weight is 282 g/mol. The summed E-state index contributed by atoms with van der Waals surface area (Å²) in [5, 5.41) is 17.3. The molecule has 1 aromatic rings. The van der Waals surface area contributed by atoms with Gasteiger partial charge in [-0.05, 0) is 37.5 Å². The van der Waals surface area contributed by atoms with Crippen LogP contribution in [-0.2, 0) is 16.4 Å². The molecule has 1 atom stereocenters. The standard InChI is InChI=1S/C13H18N2O3S/c1-11(3-2-10-16)15-19(17,18)13-6-4-12(5-7-13)8-9-14/h4-7,11,15-16H,2-3,8,10H2,1H3. The smallest absolute Gasteiger partial charge is 0.240 e. The van der Waals surface area contributed by atoms with Crippen molar-refractivity contribution in [3.8, 4) is 6.07 Å². The van der Waals surface area contributed by atoms with Gasteiger partial charge in [-0.25, -0.2) is 13.1 Å². The van der Waals surface area contributed by atoms with Crippen molar-refractivity contribution in [1.82, 2.24) is 4.72 Å². The minimum atomic E-state index is -3.54. The van der Waals surface area contributed by atoms with Crippen molar-refractivity contribution in [3.63, 3.8) is 0 Å². The highest BCUT2D eigenvalue weighted by Gasteiger charge is 2.16. The number of hydrogen-bond donors (Lipinski definition) is 2. The number of aliphatic hydroxyl groups is 1. The summed E-state index contributed by atoms with van der Waals surface area (Å²) in [7, 11) is -3.54. The largest absolute Gasteiger partial charge is 0.396 e. The second kappa shape index (κ2) is 7.24. The van der Waals surface area contributed by atoms with E-state index in [1.54, 1.807) is 19.1 Å². The van der Waals surface area contributed by atoms with Gasteiger partial charge in [-0.15, -0.1) is 0 Å². The molecular weight excluding hydrogens is 264 g/mol. The summed E-state index contributed by atoms with van der Waals surface area (Å²) in [6.45, 7) is 1.81. The topological polar surface area (TPSA) is 90.2 Å². The van der Waals surface area contributed by atoms with E-state index in [0.717, 1.165) is 5.56 Å². The SMILES string of the molecule is CC(CCCO)NS(=O)(=O)c1ccc(CC#N)cc1. The number of aliphatic hydroxyl groups excluding tert-OH is 1. The quantitative estimate of drug-likeness (QED) is 0.786. The minimum Gasteiger partial charge on any atom is -0.396 e. The molecule has 5 nitrogen and oxygen atoms in total. The Bertz CT molecular complexity index is 532. The van der Waals surface area contributed by atoms with Crippen molar-refractivity contribution in [1.29, 1.82) is 5.26 Å². The molecule has 1 unspecified atom stereocenters. The summed E-state index contributed by atoms with van der Waals surface area (Å²) in [4.78, 5) is 0.185. The van der Waals surface area contributed by atoms with Crippen molar-refractivity contribution >= 4 is 10.0 Å². The first-order valence-electron chi connectivity index (χ1n) is 6.08. The number of nitrogens with zero attached hydrogens (tertiary/aromatic N) is 1. The van der Waals surface area contributed by atoms with Crippen LogP contribution in [0.3, 0.4) is 0 Å². The first kappa shape index (κ1) is 15.6. The third-order valence-corrected chi connectivity index (χ3v) is 4.27.